The van der Waals surface area contributed by atoms with E-state index in [-0.39, 0.29) is 6.10 Å². The summed E-state index contributed by atoms with van der Waals surface area (Å²) < 4.78 is 5.50. The largest absolute Gasteiger partial charge is 0.381 e. The number of nitriles is 1. The van der Waals surface area contributed by atoms with Crippen LogP contribution in [0, 0.1) is 11.3 Å². The predicted octanol–water partition coefficient (Wildman–Crippen LogP) is 3.19. The van der Waals surface area contributed by atoms with Crippen molar-refractivity contribution in [2.75, 3.05) is 11.9 Å². The molecule has 4 heteroatoms. The van der Waals surface area contributed by atoms with E-state index < -0.39 is 0 Å². The molecule has 1 aromatic carbocycles. The van der Waals surface area contributed by atoms with E-state index in [1.165, 1.54) is 0 Å². The summed E-state index contributed by atoms with van der Waals surface area (Å²) in [7, 11) is 0. The second kappa shape index (κ2) is 5.39. The van der Waals surface area contributed by atoms with E-state index >= 15 is 0 Å². The quantitative estimate of drug-likeness (QED) is 0.877. The molecular weight excluding hydrogens is 236 g/mol. The van der Waals surface area contributed by atoms with Crippen molar-refractivity contribution in [2.45, 2.75) is 31.9 Å². The molecule has 0 bridgehead atoms. The lowest BCUT2D eigenvalue weighted by Gasteiger charge is -2.29. The first kappa shape index (κ1) is 12.2. The minimum atomic E-state index is 0.277. The van der Waals surface area contributed by atoms with E-state index in [0.29, 0.717) is 16.6 Å². The molecule has 1 aliphatic heterocycles. The zero-order valence-corrected chi connectivity index (χ0v) is 10.5. The Morgan fingerprint density at radius 1 is 1.53 bits per heavy atom. The van der Waals surface area contributed by atoms with Crippen LogP contribution in [0.4, 0.5) is 5.69 Å². The van der Waals surface area contributed by atoms with E-state index in [2.05, 4.69) is 18.3 Å². The van der Waals surface area contributed by atoms with Gasteiger partial charge in [-0.05, 0) is 38.0 Å². The van der Waals surface area contributed by atoms with Gasteiger partial charge < -0.3 is 10.1 Å². The lowest BCUT2D eigenvalue weighted by molar-refractivity contribution is 0.0232. The monoisotopic (exact) mass is 250 g/mol. The molecule has 2 rings (SSSR count). The molecule has 1 heterocycles. The van der Waals surface area contributed by atoms with Crippen LogP contribution < -0.4 is 5.32 Å². The van der Waals surface area contributed by atoms with Crippen molar-refractivity contribution >= 4 is 17.3 Å². The SMILES string of the molecule is CC1CC(Nc2ccc(Cl)cc2C#N)CCO1. The minimum Gasteiger partial charge on any atom is -0.381 e. The number of hydrogen-bond acceptors (Lipinski definition) is 3. The van der Waals surface area contributed by atoms with Crippen molar-refractivity contribution in [3.8, 4) is 6.07 Å². The highest BCUT2D eigenvalue weighted by atomic mass is 35.5. The van der Waals surface area contributed by atoms with Gasteiger partial charge in [0.15, 0.2) is 0 Å². The molecule has 2 unspecified atom stereocenters. The van der Waals surface area contributed by atoms with E-state index in [1.807, 2.05) is 6.07 Å². The van der Waals surface area contributed by atoms with Gasteiger partial charge in [0.25, 0.3) is 0 Å². The summed E-state index contributed by atoms with van der Waals surface area (Å²) in [5, 5.41) is 13.0. The first-order valence-corrected chi connectivity index (χ1v) is 6.14. The number of benzene rings is 1. The fourth-order valence-corrected chi connectivity index (χ4v) is 2.26. The molecule has 0 aromatic heterocycles. The molecule has 1 N–H and O–H groups in total. The smallest absolute Gasteiger partial charge is 0.101 e. The van der Waals surface area contributed by atoms with Gasteiger partial charge in [-0.2, -0.15) is 5.26 Å². The van der Waals surface area contributed by atoms with Gasteiger partial charge in [0.1, 0.15) is 6.07 Å². The molecule has 17 heavy (non-hydrogen) atoms. The number of nitrogens with one attached hydrogen (secondary N) is 1. The lowest BCUT2D eigenvalue weighted by atomic mass is 10.0. The number of ether oxygens (including phenoxy) is 1. The van der Waals surface area contributed by atoms with Gasteiger partial charge in [-0.1, -0.05) is 11.6 Å². The first-order chi connectivity index (χ1) is 8.19. The summed E-state index contributed by atoms with van der Waals surface area (Å²) in [5.74, 6) is 0. The Balaban J connectivity index is 2.10. The molecule has 0 spiro atoms. The van der Waals surface area contributed by atoms with Crippen molar-refractivity contribution in [1.29, 1.82) is 5.26 Å². The highest BCUT2D eigenvalue weighted by Gasteiger charge is 2.19. The minimum absolute atomic E-state index is 0.277. The number of halogens is 1. The molecule has 0 radical (unpaired) electrons. The van der Waals surface area contributed by atoms with Gasteiger partial charge >= 0.3 is 0 Å². The van der Waals surface area contributed by atoms with Crippen LogP contribution in [-0.2, 0) is 4.74 Å². The lowest BCUT2D eigenvalue weighted by Crippen LogP contribution is -2.32. The van der Waals surface area contributed by atoms with Crippen molar-refractivity contribution in [3.05, 3.63) is 28.8 Å². The standard InChI is InChI=1S/C13H15ClN2O/c1-9-6-12(4-5-17-9)16-13-3-2-11(14)7-10(13)8-15/h2-3,7,9,12,16H,4-6H2,1H3. The van der Waals surface area contributed by atoms with Gasteiger partial charge in [-0.25, -0.2) is 0 Å². The Morgan fingerprint density at radius 3 is 3.06 bits per heavy atom. The van der Waals surface area contributed by atoms with Crippen LogP contribution in [0.15, 0.2) is 18.2 Å². The molecule has 0 saturated carbocycles. The van der Waals surface area contributed by atoms with Gasteiger partial charge in [0.2, 0.25) is 0 Å². The van der Waals surface area contributed by atoms with Crippen LogP contribution in [-0.4, -0.2) is 18.8 Å². The third kappa shape index (κ3) is 3.12. The number of rotatable bonds is 2. The Morgan fingerprint density at radius 2 is 2.35 bits per heavy atom. The summed E-state index contributed by atoms with van der Waals surface area (Å²) in [6.45, 7) is 2.84. The van der Waals surface area contributed by atoms with Crippen LogP contribution >= 0.6 is 11.6 Å². The number of nitrogens with zero attached hydrogens (tertiary/aromatic N) is 1. The zero-order chi connectivity index (χ0) is 12.3. The topological polar surface area (TPSA) is 45.0 Å². The molecule has 3 nitrogen and oxygen atoms in total. The molecule has 1 aromatic rings. The van der Waals surface area contributed by atoms with Crippen LogP contribution in [0.2, 0.25) is 5.02 Å². The molecular formula is C13H15ClN2O. The average molecular weight is 251 g/mol. The summed E-state index contributed by atoms with van der Waals surface area (Å²) in [6, 6.07) is 7.87. The van der Waals surface area contributed by atoms with Crippen molar-refractivity contribution in [2.24, 2.45) is 0 Å². The summed E-state index contributed by atoms with van der Waals surface area (Å²) >= 11 is 5.86. The van der Waals surface area contributed by atoms with Crippen LogP contribution in [0.5, 0.6) is 0 Å². The van der Waals surface area contributed by atoms with Crippen LogP contribution in [0.3, 0.4) is 0 Å². The van der Waals surface area contributed by atoms with E-state index in [1.54, 1.807) is 12.1 Å². The second-order valence-electron chi connectivity index (χ2n) is 4.35. The van der Waals surface area contributed by atoms with Crippen molar-refractivity contribution in [1.82, 2.24) is 0 Å². The van der Waals surface area contributed by atoms with Crippen molar-refractivity contribution in [3.63, 3.8) is 0 Å². The van der Waals surface area contributed by atoms with Crippen LogP contribution in [0.25, 0.3) is 0 Å². The Hall–Kier alpha value is -1.24. The summed E-state index contributed by atoms with van der Waals surface area (Å²) in [6.07, 6.45) is 2.21. The molecule has 2 atom stereocenters. The van der Waals surface area contributed by atoms with E-state index in [4.69, 9.17) is 21.6 Å². The summed E-state index contributed by atoms with van der Waals surface area (Å²) in [5.41, 5.74) is 1.45. The normalized spacial score (nSPS) is 24.1. The predicted molar refractivity (Wildman–Crippen MR) is 68.2 cm³/mol. The van der Waals surface area contributed by atoms with Crippen LogP contribution in [0.1, 0.15) is 25.3 Å². The zero-order valence-electron chi connectivity index (χ0n) is 9.74. The van der Waals surface area contributed by atoms with Gasteiger partial charge in [0.05, 0.1) is 17.4 Å². The third-order valence-electron chi connectivity index (χ3n) is 2.95. The maximum absolute atomic E-state index is 9.05. The molecule has 90 valence electrons. The van der Waals surface area contributed by atoms with Gasteiger partial charge in [-0.15, -0.1) is 0 Å². The molecule has 0 amide bonds. The highest BCUT2D eigenvalue weighted by molar-refractivity contribution is 6.30. The van der Waals surface area contributed by atoms with Gasteiger partial charge in [-0.3, -0.25) is 0 Å². The Kier molecular flexibility index (Phi) is 3.88. The number of anilines is 1. The Bertz CT molecular complexity index is 442. The number of hydrogen-bond donors (Lipinski definition) is 1. The fraction of sp³-hybridized carbons (Fsp3) is 0.462. The maximum Gasteiger partial charge on any atom is 0.101 e. The summed E-state index contributed by atoms with van der Waals surface area (Å²) in [4.78, 5) is 0. The molecule has 1 aliphatic rings. The van der Waals surface area contributed by atoms with E-state index in [9.17, 15) is 0 Å². The molecule has 1 saturated heterocycles. The van der Waals surface area contributed by atoms with Crippen molar-refractivity contribution < 1.29 is 4.74 Å². The average Bonchev–Trinajstić information content (AvgIpc) is 2.31. The first-order valence-electron chi connectivity index (χ1n) is 5.77. The molecule has 1 fully saturated rings. The fourth-order valence-electron chi connectivity index (χ4n) is 2.08. The maximum atomic E-state index is 9.05. The van der Waals surface area contributed by atoms with E-state index in [0.717, 1.165) is 25.1 Å². The Labute approximate surface area is 106 Å². The highest BCUT2D eigenvalue weighted by Crippen LogP contribution is 2.23. The molecule has 0 aliphatic carbocycles. The second-order valence-corrected chi connectivity index (χ2v) is 4.79. The van der Waals surface area contributed by atoms with Gasteiger partial charge in [0, 0.05) is 17.7 Å². The third-order valence-corrected chi connectivity index (χ3v) is 3.18.